The average Bonchev–Trinajstić information content (AvgIpc) is 2.16. The Hall–Kier alpha value is -1.83. The molecule has 1 rings (SSSR count). The summed E-state index contributed by atoms with van der Waals surface area (Å²) in [7, 11) is 0. The molecule has 0 heterocycles. The number of aliphatic carboxylic acids is 1. The van der Waals surface area contributed by atoms with Crippen molar-refractivity contribution in [2.24, 2.45) is 0 Å². The Morgan fingerprint density at radius 3 is 2.12 bits per heavy atom. The molecule has 0 radical (unpaired) electrons. The summed E-state index contributed by atoms with van der Waals surface area (Å²) in [6, 6.07) is 7.84. The van der Waals surface area contributed by atoms with Crippen LogP contribution in [0.4, 0.5) is 0 Å². The molecule has 0 aliphatic carbocycles. The first kappa shape index (κ1) is 12.2. The van der Waals surface area contributed by atoms with E-state index in [1.54, 1.807) is 6.92 Å². The number of benzene rings is 1. The second-order valence-corrected chi connectivity index (χ2v) is 4.01. The first-order valence-corrected chi connectivity index (χ1v) is 5.15. The lowest BCUT2D eigenvalue weighted by Gasteiger charge is -2.01. The van der Waals surface area contributed by atoms with Gasteiger partial charge in [0.2, 0.25) is 0 Å². The predicted molar refractivity (Wildman–Crippen MR) is 67.1 cm³/mol. The molecule has 84 valence electrons. The van der Waals surface area contributed by atoms with Gasteiger partial charge in [-0.15, -0.1) is 0 Å². The third-order valence-electron chi connectivity index (χ3n) is 2.16. The summed E-state index contributed by atoms with van der Waals surface area (Å²) in [5.41, 5.74) is 4.07. The first-order valence-electron chi connectivity index (χ1n) is 5.15. The SMILES string of the molecule is CC(C)=Cc1ccc(C(C)=CC(=O)O)cc1. The standard InChI is InChI=1S/C14H16O2/c1-10(2)8-12-4-6-13(7-5-12)11(3)9-14(15)16/h4-9H,1-3H3,(H,15,16). The Labute approximate surface area is 95.9 Å². The van der Waals surface area contributed by atoms with Gasteiger partial charge in [0.05, 0.1) is 0 Å². The van der Waals surface area contributed by atoms with Gasteiger partial charge in [-0.2, -0.15) is 0 Å². The van der Waals surface area contributed by atoms with Crippen molar-refractivity contribution in [3.8, 4) is 0 Å². The number of hydrogen-bond donors (Lipinski definition) is 1. The summed E-state index contributed by atoms with van der Waals surface area (Å²) in [6.07, 6.45) is 3.30. The van der Waals surface area contributed by atoms with Gasteiger partial charge in [0.25, 0.3) is 0 Å². The van der Waals surface area contributed by atoms with Crippen LogP contribution in [0.5, 0.6) is 0 Å². The number of carboxylic acids is 1. The van der Waals surface area contributed by atoms with Crippen LogP contribution in [0.3, 0.4) is 0 Å². The second-order valence-electron chi connectivity index (χ2n) is 4.01. The zero-order valence-electron chi connectivity index (χ0n) is 9.82. The summed E-state index contributed by atoms with van der Waals surface area (Å²) in [5, 5.41) is 8.63. The molecule has 0 aliphatic heterocycles. The molecule has 1 aromatic carbocycles. The summed E-state index contributed by atoms with van der Waals surface area (Å²) in [5.74, 6) is -0.911. The highest BCUT2D eigenvalue weighted by atomic mass is 16.4. The Morgan fingerprint density at radius 2 is 1.69 bits per heavy atom. The lowest BCUT2D eigenvalue weighted by molar-refractivity contribution is -0.131. The van der Waals surface area contributed by atoms with Crippen LogP contribution in [0, 0.1) is 0 Å². The predicted octanol–water partition coefficient (Wildman–Crippen LogP) is 3.60. The Bertz CT molecular complexity index is 432. The van der Waals surface area contributed by atoms with E-state index in [4.69, 9.17) is 5.11 Å². The molecule has 2 heteroatoms. The van der Waals surface area contributed by atoms with Crippen LogP contribution in [0.25, 0.3) is 11.6 Å². The van der Waals surface area contributed by atoms with Gasteiger partial charge in [-0.1, -0.05) is 35.9 Å². The van der Waals surface area contributed by atoms with Gasteiger partial charge >= 0.3 is 5.97 Å². The minimum atomic E-state index is -0.911. The number of rotatable bonds is 3. The topological polar surface area (TPSA) is 37.3 Å². The van der Waals surface area contributed by atoms with Crippen LogP contribution in [0.15, 0.2) is 35.9 Å². The van der Waals surface area contributed by atoms with Gasteiger partial charge in [-0.05, 0) is 37.5 Å². The fraction of sp³-hybridized carbons (Fsp3) is 0.214. The van der Waals surface area contributed by atoms with E-state index in [1.165, 1.54) is 11.6 Å². The van der Waals surface area contributed by atoms with Gasteiger partial charge in [0, 0.05) is 6.08 Å². The third-order valence-corrected chi connectivity index (χ3v) is 2.16. The second kappa shape index (κ2) is 5.31. The smallest absolute Gasteiger partial charge is 0.328 e. The van der Waals surface area contributed by atoms with Crippen molar-refractivity contribution in [1.29, 1.82) is 0 Å². The van der Waals surface area contributed by atoms with Crippen molar-refractivity contribution in [2.75, 3.05) is 0 Å². The summed E-state index contributed by atoms with van der Waals surface area (Å²) in [6.45, 7) is 5.89. The normalized spacial score (nSPS) is 11.1. The molecule has 0 unspecified atom stereocenters. The van der Waals surface area contributed by atoms with E-state index in [9.17, 15) is 4.79 Å². The van der Waals surface area contributed by atoms with Gasteiger partial charge in [-0.3, -0.25) is 0 Å². The Balaban J connectivity index is 2.95. The molecule has 0 bridgehead atoms. The summed E-state index contributed by atoms with van der Waals surface area (Å²) < 4.78 is 0. The summed E-state index contributed by atoms with van der Waals surface area (Å²) in [4.78, 5) is 10.5. The van der Waals surface area contributed by atoms with E-state index in [0.717, 1.165) is 16.7 Å². The molecule has 0 fully saturated rings. The number of hydrogen-bond acceptors (Lipinski definition) is 1. The highest BCUT2D eigenvalue weighted by molar-refractivity contribution is 5.89. The van der Waals surface area contributed by atoms with Crippen molar-refractivity contribution in [1.82, 2.24) is 0 Å². The van der Waals surface area contributed by atoms with Crippen LogP contribution >= 0.6 is 0 Å². The molecule has 16 heavy (non-hydrogen) atoms. The lowest BCUT2D eigenvalue weighted by Crippen LogP contribution is -1.90. The highest BCUT2D eigenvalue weighted by Crippen LogP contribution is 2.15. The van der Waals surface area contributed by atoms with Crippen LogP contribution in [-0.4, -0.2) is 11.1 Å². The molecule has 1 aromatic rings. The number of carbonyl (C=O) groups is 1. The zero-order chi connectivity index (χ0) is 12.1. The van der Waals surface area contributed by atoms with Gasteiger partial charge in [-0.25, -0.2) is 4.79 Å². The van der Waals surface area contributed by atoms with E-state index in [-0.39, 0.29) is 0 Å². The maximum Gasteiger partial charge on any atom is 0.328 e. The van der Waals surface area contributed by atoms with Crippen LogP contribution < -0.4 is 0 Å². The van der Waals surface area contributed by atoms with Crippen LogP contribution in [0.2, 0.25) is 0 Å². The molecule has 0 saturated carbocycles. The minimum absolute atomic E-state index is 0.760. The fourth-order valence-corrected chi connectivity index (χ4v) is 1.44. The van der Waals surface area contributed by atoms with Crippen molar-refractivity contribution < 1.29 is 9.90 Å². The number of allylic oxidation sites excluding steroid dienone is 2. The zero-order valence-corrected chi connectivity index (χ0v) is 9.82. The fourth-order valence-electron chi connectivity index (χ4n) is 1.44. The molecule has 1 N–H and O–H groups in total. The first-order chi connectivity index (χ1) is 7.49. The van der Waals surface area contributed by atoms with Gasteiger partial charge in [0.15, 0.2) is 0 Å². The summed E-state index contributed by atoms with van der Waals surface area (Å²) >= 11 is 0. The van der Waals surface area contributed by atoms with E-state index >= 15 is 0 Å². The Morgan fingerprint density at radius 1 is 1.12 bits per heavy atom. The number of carboxylic acid groups (broad SMARTS) is 1. The molecular formula is C14H16O2. The van der Waals surface area contributed by atoms with E-state index in [2.05, 4.69) is 6.08 Å². The molecule has 0 spiro atoms. The molecule has 0 saturated heterocycles. The van der Waals surface area contributed by atoms with Gasteiger partial charge < -0.3 is 5.11 Å². The maximum atomic E-state index is 10.5. The molecule has 2 nitrogen and oxygen atoms in total. The molecule has 0 aliphatic rings. The minimum Gasteiger partial charge on any atom is -0.478 e. The van der Waals surface area contributed by atoms with Crippen molar-refractivity contribution in [2.45, 2.75) is 20.8 Å². The van der Waals surface area contributed by atoms with Crippen molar-refractivity contribution in [3.63, 3.8) is 0 Å². The monoisotopic (exact) mass is 216 g/mol. The molecular weight excluding hydrogens is 200 g/mol. The lowest BCUT2D eigenvalue weighted by atomic mass is 10.0. The van der Waals surface area contributed by atoms with E-state index < -0.39 is 5.97 Å². The van der Waals surface area contributed by atoms with Gasteiger partial charge in [0.1, 0.15) is 0 Å². The van der Waals surface area contributed by atoms with Crippen LogP contribution in [-0.2, 0) is 4.79 Å². The molecule has 0 atom stereocenters. The Kier molecular flexibility index (Phi) is 4.06. The molecule has 0 amide bonds. The quantitative estimate of drug-likeness (QED) is 0.784. The largest absolute Gasteiger partial charge is 0.478 e. The van der Waals surface area contributed by atoms with Crippen molar-refractivity contribution in [3.05, 3.63) is 47.0 Å². The average molecular weight is 216 g/mol. The molecule has 0 aromatic heterocycles. The van der Waals surface area contributed by atoms with Crippen LogP contribution in [0.1, 0.15) is 31.9 Å². The third kappa shape index (κ3) is 3.73. The van der Waals surface area contributed by atoms with Crippen molar-refractivity contribution >= 4 is 17.6 Å². The van der Waals surface area contributed by atoms with E-state index in [0.29, 0.717) is 0 Å². The van der Waals surface area contributed by atoms with E-state index in [1.807, 2.05) is 38.1 Å². The highest BCUT2D eigenvalue weighted by Gasteiger charge is 1.98. The maximum absolute atomic E-state index is 10.5.